The van der Waals surface area contributed by atoms with Crippen LogP contribution in [0.2, 0.25) is 0 Å². The molecule has 17 heavy (non-hydrogen) atoms. The Labute approximate surface area is 107 Å². The van der Waals surface area contributed by atoms with Gasteiger partial charge in [0.25, 0.3) is 0 Å². The van der Waals surface area contributed by atoms with Crippen molar-refractivity contribution < 1.29 is 4.39 Å². The molecule has 1 N–H and O–H groups in total. The van der Waals surface area contributed by atoms with Crippen LogP contribution in [0.25, 0.3) is 0 Å². The molecule has 0 aromatic heterocycles. The Bertz CT molecular complexity index is 417. The fourth-order valence-corrected chi connectivity index (χ4v) is 2.64. The number of nitrogens with one attached hydrogen (secondary N) is 1. The number of hydrogen-bond acceptors (Lipinski definition) is 1. The minimum atomic E-state index is -0.170. The van der Waals surface area contributed by atoms with Gasteiger partial charge >= 0.3 is 0 Å². The van der Waals surface area contributed by atoms with Crippen LogP contribution in [-0.2, 0) is 6.54 Å². The number of alkyl halides is 1. The normalized spacial score (nSPS) is 26.6. The lowest BCUT2D eigenvalue weighted by molar-refractivity contribution is 0.115. The van der Waals surface area contributed by atoms with Gasteiger partial charge in [-0.1, -0.05) is 19.9 Å². The quantitative estimate of drug-likeness (QED) is 0.814. The van der Waals surface area contributed by atoms with E-state index in [4.69, 9.17) is 11.6 Å². The van der Waals surface area contributed by atoms with Crippen molar-refractivity contribution in [3.8, 4) is 0 Å². The molecule has 1 aliphatic carbocycles. The van der Waals surface area contributed by atoms with E-state index < -0.39 is 0 Å². The van der Waals surface area contributed by atoms with Crippen molar-refractivity contribution in [1.29, 1.82) is 0 Å². The zero-order valence-corrected chi connectivity index (χ0v) is 11.3. The average Bonchev–Trinajstić information content (AvgIpc) is 2.26. The van der Waals surface area contributed by atoms with E-state index in [1.165, 1.54) is 6.07 Å². The third kappa shape index (κ3) is 2.48. The highest BCUT2D eigenvalue weighted by atomic mass is 35.5. The molecule has 0 amide bonds. The lowest BCUT2D eigenvalue weighted by Gasteiger charge is -2.49. The smallest absolute Gasteiger partial charge is 0.123 e. The molecule has 3 heteroatoms. The summed E-state index contributed by atoms with van der Waals surface area (Å²) in [6, 6.07) is 5.39. The maximum Gasteiger partial charge on any atom is 0.123 e. The molecule has 94 valence electrons. The molecule has 2 unspecified atom stereocenters. The molecule has 1 fully saturated rings. The van der Waals surface area contributed by atoms with Crippen molar-refractivity contribution in [2.45, 2.75) is 45.2 Å². The molecule has 0 saturated heterocycles. The Morgan fingerprint density at radius 1 is 1.47 bits per heavy atom. The summed E-state index contributed by atoms with van der Waals surface area (Å²) in [5.74, 6) is -0.170. The molecule has 1 nitrogen and oxygen atoms in total. The maximum atomic E-state index is 13.0. The second-order valence-electron chi connectivity index (χ2n) is 5.53. The lowest BCUT2D eigenvalue weighted by atomic mass is 9.66. The summed E-state index contributed by atoms with van der Waals surface area (Å²) in [6.45, 7) is 7.09. The van der Waals surface area contributed by atoms with Gasteiger partial charge in [-0.05, 0) is 42.0 Å². The molecule has 2 rings (SSSR count). The highest BCUT2D eigenvalue weighted by molar-refractivity contribution is 6.21. The fourth-order valence-electron chi connectivity index (χ4n) is 2.31. The summed E-state index contributed by atoms with van der Waals surface area (Å²) in [4.78, 5) is 0. The fraction of sp³-hybridized carbons (Fsp3) is 0.571. The van der Waals surface area contributed by atoms with Crippen LogP contribution in [-0.4, -0.2) is 11.4 Å². The summed E-state index contributed by atoms with van der Waals surface area (Å²) >= 11 is 6.18. The van der Waals surface area contributed by atoms with Crippen LogP contribution in [0.4, 0.5) is 4.39 Å². The standard InChI is InChI=1S/C14H19ClFN/c1-9-6-11(16)5-4-10(9)8-17-13-7-12(15)14(13,2)3/h4-6,12-13,17H,7-8H2,1-3H3. The minimum Gasteiger partial charge on any atom is -0.309 e. The Balaban J connectivity index is 1.95. The van der Waals surface area contributed by atoms with E-state index in [2.05, 4.69) is 19.2 Å². The van der Waals surface area contributed by atoms with Gasteiger partial charge in [-0.3, -0.25) is 0 Å². The van der Waals surface area contributed by atoms with E-state index in [1.807, 2.05) is 13.0 Å². The Morgan fingerprint density at radius 2 is 2.18 bits per heavy atom. The molecule has 0 aliphatic heterocycles. The van der Waals surface area contributed by atoms with Gasteiger partial charge in [-0.15, -0.1) is 11.6 Å². The SMILES string of the molecule is Cc1cc(F)ccc1CNC1CC(Cl)C1(C)C. The van der Waals surface area contributed by atoms with Crippen LogP contribution in [0.1, 0.15) is 31.4 Å². The summed E-state index contributed by atoms with van der Waals surface area (Å²) in [5.41, 5.74) is 2.30. The van der Waals surface area contributed by atoms with Crippen molar-refractivity contribution >= 4 is 11.6 Å². The zero-order chi connectivity index (χ0) is 12.6. The van der Waals surface area contributed by atoms with Crippen molar-refractivity contribution in [3.05, 3.63) is 35.1 Å². The predicted molar refractivity (Wildman–Crippen MR) is 69.8 cm³/mol. The topological polar surface area (TPSA) is 12.0 Å². The highest BCUT2D eigenvalue weighted by Crippen LogP contribution is 2.44. The van der Waals surface area contributed by atoms with Crippen LogP contribution in [0.5, 0.6) is 0 Å². The number of aryl methyl sites for hydroxylation is 1. The highest BCUT2D eigenvalue weighted by Gasteiger charge is 2.46. The van der Waals surface area contributed by atoms with E-state index in [-0.39, 0.29) is 16.6 Å². The third-order valence-electron chi connectivity index (χ3n) is 3.99. The molecule has 1 aromatic carbocycles. The van der Waals surface area contributed by atoms with E-state index in [9.17, 15) is 4.39 Å². The van der Waals surface area contributed by atoms with Gasteiger partial charge in [0, 0.05) is 18.0 Å². The molecule has 0 heterocycles. The first kappa shape index (κ1) is 12.8. The Kier molecular flexibility index (Phi) is 3.46. The molecular formula is C14H19ClFN. The minimum absolute atomic E-state index is 0.148. The molecule has 1 aromatic rings. The maximum absolute atomic E-state index is 13.0. The van der Waals surface area contributed by atoms with Crippen LogP contribution < -0.4 is 5.32 Å². The number of halogens is 2. The molecule has 0 spiro atoms. The van der Waals surface area contributed by atoms with Crippen LogP contribution >= 0.6 is 11.6 Å². The largest absolute Gasteiger partial charge is 0.309 e. The first-order valence-electron chi connectivity index (χ1n) is 6.03. The lowest BCUT2D eigenvalue weighted by Crippen LogP contribution is -2.57. The third-order valence-corrected chi connectivity index (χ3v) is 4.73. The van der Waals surface area contributed by atoms with Crippen molar-refractivity contribution in [3.63, 3.8) is 0 Å². The Morgan fingerprint density at radius 3 is 2.71 bits per heavy atom. The van der Waals surface area contributed by atoms with Crippen molar-refractivity contribution in [1.82, 2.24) is 5.32 Å². The van der Waals surface area contributed by atoms with Gasteiger partial charge in [0.05, 0.1) is 0 Å². The molecule has 2 atom stereocenters. The van der Waals surface area contributed by atoms with E-state index in [1.54, 1.807) is 6.07 Å². The van der Waals surface area contributed by atoms with Crippen molar-refractivity contribution in [2.24, 2.45) is 5.41 Å². The Hall–Kier alpha value is -0.600. The molecular weight excluding hydrogens is 237 g/mol. The monoisotopic (exact) mass is 255 g/mol. The van der Waals surface area contributed by atoms with Crippen LogP contribution in [0.15, 0.2) is 18.2 Å². The number of hydrogen-bond donors (Lipinski definition) is 1. The second-order valence-corrected chi connectivity index (χ2v) is 6.06. The average molecular weight is 256 g/mol. The van der Waals surface area contributed by atoms with Gasteiger partial charge in [-0.25, -0.2) is 4.39 Å². The van der Waals surface area contributed by atoms with E-state index in [0.717, 1.165) is 24.1 Å². The first-order chi connectivity index (χ1) is 7.91. The second kappa shape index (κ2) is 4.58. The predicted octanol–water partition coefficient (Wildman–Crippen LogP) is 3.63. The van der Waals surface area contributed by atoms with Crippen molar-refractivity contribution in [2.75, 3.05) is 0 Å². The summed E-state index contributed by atoms with van der Waals surface area (Å²) in [5, 5.41) is 3.77. The van der Waals surface area contributed by atoms with E-state index in [0.29, 0.717) is 6.04 Å². The van der Waals surface area contributed by atoms with Gasteiger partial charge in [0.15, 0.2) is 0 Å². The van der Waals surface area contributed by atoms with Gasteiger partial charge < -0.3 is 5.32 Å². The molecule has 1 saturated carbocycles. The molecule has 1 aliphatic rings. The summed E-state index contributed by atoms with van der Waals surface area (Å²) < 4.78 is 13.0. The van der Waals surface area contributed by atoms with E-state index >= 15 is 0 Å². The van der Waals surface area contributed by atoms with Gasteiger partial charge in [0.1, 0.15) is 5.82 Å². The summed E-state index contributed by atoms with van der Waals surface area (Å²) in [7, 11) is 0. The van der Waals surface area contributed by atoms with Crippen LogP contribution in [0, 0.1) is 18.2 Å². The zero-order valence-electron chi connectivity index (χ0n) is 10.6. The molecule has 0 bridgehead atoms. The van der Waals surface area contributed by atoms with Gasteiger partial charge in [0.2, 0.25) is 0 Å². The number of benzene rings is 1. The number of rotatable bonds is 3. The molecule has 0 radical (unpaired) electrons. The van der Waals surface area contributed by atoms with Gasteiger partial charge in [-0.2, -0.15) is 0 Å². The summed E-state index contributed by atoms with van der Waals surface area (Å²) in [6.07, 6.45) is 1.01. The first-order valence-corrected chi connectivity index (χ1v) is 6.47. The van der Waals surface area contributed by atoms with Crippen LogP contribution in [0.3, 0.4) is 0 Å².